The molecule has 0 bridgehead atoms. The van der Waals surface area contributed by atoms with Gasteiger partial charge in [-0.05, 0) is 36.1 Å². The highest BCUT2D eigenvalue weighted by molar-refractivity contribution is 7.21. The van der Waals surface area contributed by atoms with Crippen LogP contribution < -0.4 is 14.8 Å². The highest BCUT2D eigenvalue weighted by atomic mass is 32.1. The van der Waals surface area contributed by atoms with Crippen LogP contribution in [0.4, 0.5) is 5.69 Å². The normalized spacial score (nSPS) is 11.2. The van der Waals surface area contributed by atoms with E-state index < -0.39 is 0 Å². The van der Waals surface area contributed by atoms with Gasteiger partial charge in [0.25, 0.3) is 0 Å². The van der Waals surface area contributed by atoms with Crippen LogP contribution in [0.25, 0.3) is 20.8 Å². The molecule has 0 radical (unpaired) electrons. The lowest BCUT2D eigenvalue weighted by Crippen LogP contribution is -2.22. The molecular formula is C20H26N3S+. The van der Waals surface area contributed by atoms with Crippen LogP contribution in [0.2, 0.25) is 0 Å². The first-order chi connectivity index (χ1) is 11.4. The number of rotatable bonds is 3. The highest BCUT2D eigenvalue weighted by Crippen LogP contribution is 2.35. The fourth-order valence-corrected chi connectivity index (χ4v) is 4.14. The van der Waals surface area contributed by atoms with Gasteiger partial charge < -0.3 is 4.90 Å². The third-order valence-electron chi connectivity index (χ3n) is 4.52. The van der Waals surface area contributed by atoms with Crippen LogP contribution in [-0.2, 0) is 12.8 Å². The van der Waals surface area contributed by atoms with E-state index in [1.807, 2.05) is 11.3 Å². The topological polar surface area (TPSA) is 19.1 Å². The fourth-order valence-electron chi connectivity index (χ4n) is 2.99. The van der Waals surface area contributed by atoms with Gasteiger partial charge >= 0.3 is 0 Å². The quantitative estimate of drug-likeness (QED) is 0.536. The van der Waals surface area contributed by atoms with Gasteiger partial charge in [0.1, 0.15) is 14.1 Å². The Bertz CT molecular complexity index is 934. The molecule has 0 aromatic heterocycles. The Hall–Kier alpha value is -1.94. The molecule has 0 unspecified atom stereocenters. The number of hydrogen-bond acceptors (Lipinski definition) is 3. The largest absolute Gasteiger partial charge is 0.378 e. The van der Waals surface area contributed by atoms with Gasteiger partial charge in [0.15, 0.2) is 0 Å². The van der Waals surface area contributed by atoms with Crippen LogP contribution in [0.3, 0.4) is 0 Å². The van der Waals surface area contributed by atoms with E-state index in [0.29, 0.717) is 0 Å². The second kappa shape index (κ2) is 6.52. The fraction of sp³-hybridized carbons (Fsp3) is 0.400. The number of hydrogen-bond donors (Lipinski definition) is 0. The second-order valence-electron chi connectivity index (χ2n) is 6.61. The van der Waals surface area contributed by atoms with Crippen molar-refractivity contribution in [3.8, 4) is 10.6 Å². The Kier molecular flexibility index (Phi) is 4.59. The predicted molar refractivity (Wildman–Crippen MR) is 106 cm³/mol. The molecule has 1 aromatic carbocycles. The molecule has 3 nitrogen and oxygen atoms in total. The number of aromatic nitrogens is 1. The van der Waals surface area contributed by atoms with Crippen LogP contribution in [0, 0.1) is 0 Å². The van der Waals surface area contributed by atoms with Crippen LogP contribution in [0.5, 0.6) is 0 Å². The van der Waals surface area contributed by atoms with Gasteiger partial charge in [-0.3, -0.25) is 0 Å². The maximum Gasteiger partial charge on any atom is 0.201 e. The smallest absolute Gasteiger partial charge is 0.201 e. The van der Waals surface area contributed by atoms with Crippen LogP contribution >= 0.6 is 11.3 Å². The first-order valence-electron chi connectivity index (χ1n) is 8.52. The number of anilines is 1. The second-order valence-corrected chi connectivity index (χ2v) is 7.70. The van der Waals surface area contributed by atoms with E-state index in [-0.39, 0.29) is 0 Å². The molecule has 126 valence electrons. The SMILES string of the molecule is CCc1cc(=[N+](C)C)cc2sc3cc(N(C)C)cc(CC)c3nc1-2. The summed E-state index contributed by atoms with van der Waals surface area (Å²) in [6.45, 7) is 4.42. The molecular weight excluding hydrogens is 314 g/mol. The van der Waals surface area contributed by atoms with Crippen molar-refractivity contribution in [3.05, 3.63) is 40.7 Å². The Balaban J connectivity index is 2.44. The van der Waals surface area contributed by atoms with E-state index in [9.17, 15) is 0 Å². The number of fused-ring (bicyclic) bond motifs is 2. The Morgan fingerprint density at radius 1 is 1.00 bits per heavy atom. The minimum Gasteiger partial charge on any atom is -0.378 e. The van der Waals surface area contributed by atoms with E-state index in [1.54, 1.807) is 0 Å². The molecule has 0 atom stereocenters. The van der Waals surface area contributed by atoms with Crippen molar-refractivity contribution in [2.45, 2.75) is 26.7 Å². The highest BCUT2D eigenvalue weighted by Gasteiger charge is 2.16. The van der Waals surface area contributed by atoms with E-state index >= 15 is 0 Å². The zero-order valence-corrected chi connectivity index (χ0v) is 16.3. The molecule has 3 rings (SSSR count). The first kappa shape index (κ1) is 16.9. The summed E-state index contributed by atoms with van der Waals surface area (Å²) in [5.41, 5.74) is 6.22. The van der Waals surface area contributed by atoms with E-state index in [0.717, 1.165) is 24.1 Å². The zero-order chi connectivity index (χ0) is 17.4. The Labute approximate surface area is 148 Å². The molecule has 1 aromatic rings. The molecule has 0 saturated carbocycles. The third-order valence-corrected chi connectivity index (χ3v) is 5.58. The monoisotopic (exact) mass is 340 g/mol. The lowest BCUT2D eigenvalue weighted by atomic mass is 10.1. The van der Waals surface area contributed by atoms with Gasteiger partial charge in [0.2, 0.25) is 5.36 Å². The molecule has 1 aliphatic heterocycles. The van der Waals surface area contributed by atoms with Gasteiger partial charge in [0, 0.05) is 31.9 Å². The van der Waals surface area contributed by atoms with Crippen molar-refractivity contribution in [3.63, 3.8) is 0 Å². The minimum atomic E-state index is 1.00. The van der Waals surface area contributed by atoms with E-state index in [2.05, 4.69) is 75.8 Å². The van der Waals surface area contributed by atoms with Crippen molar-refractivity contribution in [1.82, 2.24) is 9.56 Å². The number of nitrogens with zero attached hydrogens (tertiary/aromatic N) is 3. The van der Waals surface area contributed by atoms with Crippen LogP contribution in [-0.4, -0.2) is 33.2 Å². The molecule has 0 fully saturated rings. The lowest BCUT2D eigenvalue weighted by Gasteiger charge is -2.17. The Morgan fingerprint density at radius 3 is 2.29 bits per heavy atom. The van der Waals surface area contributed by atoms with Gasteiger partial charge in [-0.1, -0.05) is 13.8 Å². The summed E-state index contributed by atoms with van der Waals surface area (Å²) in [6.07, 6.45) is 2.00. The standard InChI is InChI=1S/C20H26N3S/c1-7-13-9-15(22(3)4)11-17-19(13)21-20-14(8-2)10-16(23(5)6)12-18(20)24-17/h9-12H,7-8H2,1-6H3/q+1. The minimum absolute atomic E-state index is 1.00. The molecule has 0 N–H and O–H groups in total. The summed E-state index contributed by atoms with van der Waals surface area (Å²) < 4.78 is 3.44. The summed E-state index contributed by atoms with van der Waals surface area (Å²) in [7, 11) is 8.39. The lowest BCUT2D eigenvalue weighted by molar-refractivity contribution is 0.811. The summed E-state index contributed by atoms with van der Waals surface area (Å²) in [5.74, 6) is 0. The molecule has 4 heteroatoms. The molecule has 2 aliphatic rings. The number of benzene rings is 2. The van der Waals surface area contributed by atoms with Crippen molar-refractivity contribution in [2.75, 3.05) is 33.1 Å². The zero-order valence-electron chi connectivity index (χ0n) is 15.5. The summed E-state index contributed by atoms with van der Waals surface area (Å²) in [4.78, 5) is 8.53. The first-order valence-corrected chi connectivity index (χ1v) is 9.34. The summed E-state index contributed by atoms with van der Waals surface area (Å²) >= 11 is 1.86. The van der Waals surface area contributed by atoms with Gasteiger partial charge in [0.05, 0.1) is 20.8 Å². The van der Waals surface area contributed by atoms with Crippen molar-refractivity contribution >= 4 is 27.2 Å². The molecule has 0 spiro atoms. The summed E-state index contributed by atoms with van der Waals surface area (Å²) in [5, 5.41) is 1.25. The summed E-state index contributed by atoms with van der Waals surface area (Å²) in [6, 6.07) is 9.07. The van der Waals surface area contributed by atoms with Crippen LogP contribution in [0.15, 0.2) is 24.3 Å². The molecule has 0 amide bonds. The average molecular weight is 341 g/mol. The van der Waals surface area contributed by atoms with Gasteiger partial charge in [-0.2, -0.15) is 0 Å². The molecule has 0 saturated heterocycles. The predicted octanol–water partition coefficient (Wildman–Crippen LogP) is 3.62. The van der Waals surface area contributed by atoms with Crippen molar-refractivity contribution < 1.29 is 0 Å². The van der Waals surface area contributed by atoms with Crippen molar-refractivity contribution in [1.29, 1.82) is 0 Å². The maximum atomic E-state index is 5.09. The van der Waals surface area contributed by atoms with E-state index in [4.69, 9.17) is 4.98 Å². The van der Waals surface area contributed by atoms with Gasteiger partial charge in [-0.25, -0.2) is 9.56 Å². The average Bonchev–Trinajstić information content (AvgIpc) is 2.57. The molecule has 1 aliphatic carbocycles. The number of aryl methyl sites for hydroxylation is 2. The maximum absolute atomic E-state index is 5.09. The van der Waals surface area contributed by atoms with Gasteiger partial charge in [-0.15, -0.1) is 11.3 Å². The Morgan fingerprint density at radius 2 is 1.71 bits per heavy atom. The van der Waals surface area contributed by atoms with E-state index in [1.165, 1.54) is 31.7 Å². The molecule has 24 heavy (non-hydrogen) atoms. The van der Waals surface area contributed by atoms with Crippen LogP contribution in [0.1, 0.15) is 25.0 Å². The van der Waals surface area contributed by atoms with Crippen molar-refractivity contribution in [2.24, 2.45) is 0 Å². The third kappa shape index (κ3) is 2.91. The molecule has 1 heterocycles.